The number of benzene rings is 1. The average Bonchev–Trinajstić information content (AvgIpc) is 2.22. The van der Waals surface area contributed by atoms with Gasteiger partial charge in [-0.1, -0.05) is 17.7 Å². The molecule has 0 aliphatic rings. The number of methoxy groups -OCH3 is 1. The number of ether oxygens (including phenoxy) is 1. The van der Waals surface area contributed by atoms with Crippen LogP contribution in [0, 0.1) is 5.82 Å². The number of halogens is 2. The highest BCUT2D eigenvalue weighted by molar-refractivity contribution is 6.31. The van der Waals surface area contributed by atoms with Crippen molar-refractivity contribution in [1.29, 1.82) is 0 Å². The minimum Gasteiger partial charge on any atom is -0.468 e. The second kappa shape index (κ2) is 5.27. The summed E-state index contributed by atoms with van der Waals surface area (Å²) in [7, 11) is 4.57. The maximum atomic E-state index is 13.6. The molecular formula is C11H13ClFNO2. The summed E-state index contributed by atoms with van der Waals surface area (Å²) >= 11 is 5.89. The molecule has 88 valence electrons. The van der Waals surface area contributed by atoms with E-state index in [1.165, 1.54) is 19.2 Å². The van der Waals surface area contributed by atoms with Crippen LogP contribution >= 0.6 is 11.6 Å². The zero-order chi connectivity index (χ0) is 12.3. The Morgan fingerprint density at radius 3 is 2.56 bits per heavy atom. The molecule has 1 atom stereocenters. The van der Waals surface area contributed by atoms with E-state index in [9.17, 15) is 9.18 Å². The standard InChI is InChI=1S/C11H13ClFNO2/c1-14(2)10(11(15)16-3)9-7(12)5-4-6-8(9)13/h4-6,10H,1-3H3. The Morgan fingerprint density at radius 1 is 1.50 bits per heavy atom. The summed E-state index contributed by atoms with van der Waals surface area (Å²) in [5.41, 5.74) is 0.140. The Hall–Kier alpha value is -1.13. The first-order valence-corrected chi connectivity index (χ1v) is 5.05. The number of esters is 1. The highest BCUT2D eigenvalue weighted by Crippen LogP contribution is 2.29. The molecule has 5 heteroatoms. The van der Waals surface area contributed by atoms with Crippen LogP contribution in [0.15, 0.2) is 18.2 Å². The van der Waals surface area contributed by atoms with Gasteiger partial charge in [-0.2, -0.15) is 0 Å². The Labute approximate surface area is 98.8 Å². The first-order chi connectivity index (χ1) is 7.49. The van der Waals surface area contributed by atoms with Crippen LogP contribution in [0.25, 0.3) is 0 Å². The molecule has 0 radical (unpaired) electrons. The van der Waals surface area contributed by atoms with Gasteiger partial charge in [0.2, 0.25) is 0 Å². The van der Waals surface area contributed by atoms with Crippen LogP contribution in [0.2, 0.25) is 5.02 Å². The third-order valence-electron chi connectivity index (χ3n) is 2.21. The Balaban J connectivity index is 3.26. The van der Waals surface area contributed by atoms with Crippen LogP contribution in [0.3, 0.4) is 0 Å². The van der Waals surface area contributed by atoms with E-state index in [4.69, 9.17) is 11.6 Å². The molecule has 0 aliphatic carbocycles. The second-order valence-electron chi connectivity index (χ2n) is 3.52. The fraction of sp³-hybridized carbons (Fsp3) is 0.364. The predicted molar refractivity (Wildman–Crippen MR) is 59.9 cm³/mol. The summed E-state index contributed by atoms with van der Waals surface area (Å²) in [5, 5.41) is 0.212. The molecule has 0 spiro atoms. The number of likely N-dealkylation sites (N-methyl/N-ethyl adjacent to an activating group) is 1. The van der Waals surface area contributed by atoms with Crippen molar-refractivity contribution in [2.75, 3.05) is 21.2 Å². The molecular weight excluding hydrogens is 233 g/mol. The van der Waals surface area contributed by atoms with Crippen molar-refractivity contribution < 1.29 is 13.9 Å². The van der Waals surface area contributed by atoms with Crippen LogP contribution in [0.5, 0.6) is 0 Å². The second-order valence-corrected chi connectivity index (χ2v) is 3.93. The molecule has 0 N–H and O–H groups in total. The maximum Gasteiger partial charge on any atom is 0.327 e. The number of rotatable bonds is 3. The summed E-state index contributed by atoms with van der Waals surface area (Å²) in [5.74, 6) is -1.06. The van der Waals surface area contributed by atoms with Crippen molar-refractivity contribution in [3.05, 3.63) is 34.6 Å². The predicted octanol–water partition coefficient (Wildman–Crippen LogP) is 2.25. The fourth-order valence-corrected chi connectivity index (χ4v) is 1.74. The average molecular weight is 246 g/mol. The van der Waals surface area contributed by atoms with Gasteiger partial charge in [0.05, 0.1) is 7.11 Å². The van der Waals surface area contributed by atoms with Gasteiger partial charge in [-0.15, -0.1) is 0 Å². The summed E-state index contributed by atoms with van der Waals surface area (Å²) in [4.78, 5) is 13.1. The van der Waals surface area contributed by atoms with Crippen molar-refractivity contribution in [3.8, 4) is 0 Å². The molecule has 0 amide bonds. The monoisotopic (exact) mass is 245 g/mol. The molecule has 0 aliphatic heterocycles. The molecule has 0 bridgehead atoms. The van der Waals surface area contributed by atoms with Crippen molar-refractivity contribution in [2.24, 2.45) is 0 Å². The lowest BCUT2D eigenvalue weighted by atomic mass is 10.1. The molecule has 1 aromatic carbocycles. The van der Waals surface area contributed by atoms with E-state index in [0.717, 1.165) is 0 Å². The van der Waals surface area contributed by atoms with Crippen LogP contribution in [0.4, 0.5) is 4.39 Å². The lowest BCUT2D eigenvalue weighted by Crippen LogP contribution is -2.29. The molecule has 3 nitrogen and oxygen atoms in total. The fourth-order valence-electron chi connectivity index (χ4n) is 1.47. The van der Waals surface area contributed by atoms with E-state index < -0.39 is 17.8 Å². The lowest BCUT2D eigenvalue weighted by Gasteiger charge is -2.23. The van der Waals surface area contributed by atoms with Gasteiger partial charge >= 0.3 is 5.97 Å². The molecule has 0 aromatic heterocycles. The number of carbonyl (C=O) groups is 1. The number of hydrogen-bond acceptors (Lipinski definition) is 3. The third kappa shape index (κ3) is 2.51. The Kier molecular flexibility index (Phi) is 4.26. The molecule has 1 aromatic rings. The number of hydrogen-bond donors (Lipinski definition) is 0. The molecule has 1 rings (SSSR count). The highest BCUT2D eigenvalue weighted by atomic mass is 35.5. The largest absolute Gasteiger partial charge is 0.468 e. The van der Waals surface area contributed by atoms with Crippen molar-refractivity contribution in [3.63, 3.8) is 0 Å². The van der Waals surface area contributed by atoms with Gasteiger partial charge < -0.3 is 4.74 Å². The normalized spacial score (nSPS) is 12.6. The van der Waals surface area contributed by atoms with E-state index >= 15 is 0 Å². The Bertz CT molecular complexity index is 375. The van der Waals surface area contributed by atoms with Crippen molar-refractivity contribution in [1.82, 2.24) is 4.90 Å². The van der Waals surface area contributed by atoms with E-state index in [1.807, 2.05) is 0 Å². The minimum absolute atomic E-state index is 0.140. The smallest absolute Gasteiger partial charge is 0.327 e. The van der Waals surface area contributed by atoms with Crippen molar-refractivity contribution >= 4 is 17.6 Å². The zero-order valence-electron chi connectivity index (χ0n) is 9.33. The quantitative estimate of drug-likeness (QED) is 0.765. The number of nitrogens with zero attached hydrogens (tertiary/aromatic N) is 1. The number of carbonyl (C=O) groups excluding carboxylic acids is 1. The molecule has 0 fully saturated rings. The van der Waals surface area contributed by atoms with Crippen LogP contribution in [-0.2, 0) is 9.53 Å². The highest BCUT2D eigenvalue weighted by Gasteiger charge is 2.28. The van der Waals surface area contributed by atoms with Gasteiger partial charge in [0.25, 0.3) is 0 Å². The summed E-state index contributed by atoms with van der Waals surface area (Å²) < 4.78 is 18.3. The molecule has 0 saturated heterocycles. The van der Waals surface area contributed by atoms with Crippen molar-refractivity contribution in [2.45, 2.75) is 6.04 Å². The van der Waals surface area contributed by atoms with Crippen LogP contribution in [-0.4, -0.2) is 32.1 Å². The molecule has 0 heterocycles. The maximum absolute atomic E-state index is 13.6. The molecule has 0 saturated carbocycles. The van der Waals surface area contributed by atoms with Crippen LogP contribution < -0.4 is 0 Å². The van der Waals surface area contributed by atoms with Gasteiger partial charge in [0.15, 0.2) is 0 Å². The summed E-state index contributed by atoms with van der Waals surface area (Å²) in [6.45, 7) is 0. The summed E-state index contributed by atoms with van der Waals surface area (Å²) in [6, 6.07) is 3.46. The minimum atomic E-state index is -0.835. The van der Waals surface area contributed by atoms with Gasteiger partial charge in [0, 0.05) is 10.6 Å². The Morgan fingerprint density at radius 2 is 2.12 bits per heavy atom. The van der Waals surface area contributed by atoms with Crippen LogP contribution in [0.1, 0.15) is 11.6 Å². The van der Waals surface area contributed by atoms with E-state index in [-0.39, 0.29) is 10.6 Å². The summed E-state index contributed by atoms with van der Waals surface area (Å²) in [6.07, 6.45) is 0. The SMILES string of the molecule is COC(=O)C(c1c(F)cccc1Cl)N(C)C. The zero-order valence-corrected chi connectivity index (χ0v) is 10.1. The topological polar surface area (TPSA) is 29.5 Å². The first kappa shape index (κ1) is 12.9. The molecule has 16 heavy (non-hydrogen) atoms. The van der Waals surface area contributed by atoms with Gasteiger partial charge in [-0.05, 0) is 26.2 Å². The van der Waals surface area contributed by atoms with Gasteiger partial charge in [0.1, 0.15) is 11.9 Å². The van der Waals surface area contributed by atoms with E-state index in [0.29, 0.717) is 0 Å². The van der Waals surface area contributed by atoms with Gasteiger partial charge in [-0.25, -0.2) is 9.18 Å². The first-order valence-electron chi connectivity index (χ1n) is 4.67. The van der Waals surface area contributed by atoms with E-state index in [1.54, 1.807) is 25.1 Å². The lowest BCUT2D eigenvalue weighted by molar-refractivity contribution is -0.146. The van der Waals surface area contributed by atoms with E-state index in [2.05, 4.69) is 4.74 Å². The van der Waals surface area contributed by atoms with Gasteiger partial charge in [-0.3, -0.25) is 4.90 Å². The molecule has 1 unspecified atom stereocenters. The third-order valence-corrected chi connectivity index (χ3v) is 2.54.